The van der Waals surface area contributed by atoms with E-state index in [1.54, 1.807) is 54.6 Å². The van der Waals surface area contributed by atoms with E-state index in [1.807, 2.05) is 6.07 Å². The van der Waals surface area contributed by atoms with Crippen molar-refractivity contribution in [2.75, 3.05) is 6.61 Å². The zero-order chi connectivity index (χ0) is 18.1. The summed E-state index contributed by atoms with van der Waals surface area (Å²) in [4.78, 5) is 23.6. The summed E-state index contributed by atoms with van der Waals surface area (Å²) in [5, 5.41) is 12.3. The standard InChI is InChI=1S/C19H15ClN2O3/c20-17-8-6-15(7-9-17)12-22-18(23)13-25-19(24)16(11-21)10-14-4-2-1-3-5-14/h1-10H,12-13H2,(H,22,23). The Morgan fingerprint density at radius 2 is 1.80 bits per heavy atom. The van der Waals surface area contributed by atoms with E-state index >= 15 is 0 Å². The second-order valence-electron chi connectivity index (χ2n) is 5.06. The highest BCUT2D eigenvalue weighted by atomic mass is 35.5. The van der Waals surface area contributed by atoms with Crippen LogP contribution < -0.4 is 5.32 Å². The normalized spacial score (nSPS) is 10.6. The van der Waals surface area contributed by atoms with Crippen LogP contribution in [0.2, 0.25) is 5.02 Å². The molecule has 2 aromatic rings. The monoisotopic (exact) mass is 354 g/mol. The molecule has 0 bridgehead atoms. The number of halogens is 1. The number of hydrogen-bond donors (Lipinski definition) is 1. The lowest BCUT2D eigenvalue weighted by Gasteiger charge is -2.06. The lowest BCUT2D eigenvalue weighted by atomic mass is 10.1. The van der Waals surface area contributed by atoms with Gasteiger partial charge in [-0.15, -0.1) is 0 Å². The lowest BCUT2D eigenvalue weighted by Crippen LogP contribution is -2.28. The van der Waals surface area contributed by atoms with Gasteiger partial charge in [-0.05, 0) is 29.3 Å². The minimum absolute atomic E-state index is 0.170. The second kappa shape index (κ2) is 9.26. The van der Waals surface area contributed by atoms with Crippen molar-refractivity contribution in [1.82, 2.24) is 5.32 Å². The van der Waals surface area contributed by atoms with E-state index < -0.39 is 18.5 Å². The Morgan fingerprint density at radius 3 is 2.44 bits per heavy atom. The minimum Gasteiger partial charge on any atom is -0.451 e. The minimum atomic E-state index is -0.840. The van der Waals surface area contributed by atoms with Gasteiger partial charge in [-0.2, -0.15) is 5.26 Å². The van der Waals surface area contributed by atoms with Gasteiger partial charge < -0.3 is 10.1 Å². The number of nitriles is 1. The van der Waals surface area contributed by atoms with Crippen LogP contribution in [0.5, 0.6) is 0 Å². The molecule has 0 atom stereocenters. The van der Waals surface area contributed by atoms with Crippen LogP contribution in [0.1, 0.15) is 11.1 Å². The highest BCUT2D eigenvalue weighted by molar-refractivity contribution is 6.30. The Balaban J connectivity index is 1.83. The molecule has 0 unspecified atom stereocenters. The van der Waals surface area contributed by atoms with Crippen LogP contribution in [0.25, 0.3) is 6.08 Å². The van der Waals surface area contributed by atoms with Gasteiger partial charge in [-0.3, -0.25) is 4.79 Å². The number of benzene rings is 2. The van der Waals surface area contributed by atoms with Gasteiger partial charge in [-0.1, -0.05) is 54.1 Å². The van der Waals surface area contributed by atoms with Crippen molar-refractivity contribution in [1.29, 1.82) is 5.26 Å². The third kappa shape index (κ3) is 6.13. The molecular weight excluding hydrogens is 340 g/mol. The van der Waals surface area contributed by atoms with Gasteiger partial charge in [0.25, 0.3) is 5.91 Å². The first-order valence-electron chi connectivity index (χ1n) is 7.43. The molecule has 1 amide bonds. The Kier molecular flexibility index (Phi) is 6.76. The van der Waals surface area contributed by atoms with Crippen LogP contribution in [0, 0.1) is 11.3 Å². The van der Waals surface area contributed by atoms with Gasteiger partial charge in [0, 0.05) is 11.6 Å². The summed E-state index contributed by atoms with van der Waals surface area (Å²) < 4.78 is 4.87. The molecule has 0 aliphatic heterocycles. The number of nitrogens with zero attached hydrogens (tertiary/aromatic N) is 1. The van der Waals surface area contributed by atoms with Crippen molar-refractivity contribution < 1.29 is 14.3 Å². The average molecular weight is 355 g/mol. The van der Waals surface area contributed by atoms with Crippen molar-refractivity contribution in [3.63, 3.8) is 0 Å². The van der Waals surface area contributed by atoms with Crippen LogP contribution in [-0.4, -0.2) is 18.5 Å². The fourth-order valence-corrected chi connectivity index (χ4v) is 2.04. The van der Waals surface area contributed by atoms with Gasteiger partial charge in [0.05, 0.1) is 0 Å². The summed E-state index contributed by atoms with van der Waals surface area (Å²) in [5.74, 6) is -1.30. The molecule has 0 saturated heterocycles. The molecule has 0 heterocycles. The number of ether oxygens (including phenoxy) is 1. The molecule has 1 N–H and O–H groups in total. The number of hydrogen-bond acceptors (Lipinski definition) is 4. The van der Waals surface area contributed by atoms with Crippen LogP contribution in [-0.2, 0) is 20.9 Å². The maximum absolute atomic E-state index is 11.9. The summed E-state index contributed by atoms with van der Waals surface area (Å²) in [5.41, 5.74) is 1.39. The number of carbonyl (C=O) groups excluding carboxylic acids is 2. The summed E-state index contributed by atoms with van der Waals surface area (Å²) in [6.07, 6.45) is 1.41. The van der Waals surface area contributed by atoms with Gasteiger partial charge in [0.2, 0.25) is 0 Å². The average Bonchev–Trinajstić information content (AvgIpc) is 2.64. The molecule has 6 heteroatoms. The Hall–Kier alpha value is -3.10. The highest BCUT2D eigenvalue weighted by Gasteiger charge is 2.13. The lowest BCUT2D eigenvalue weighted by molar-refractivity contribution is -0.144. The van der Waals surface area contributed by atoms with E-state index in [2.05, 4.69) is 5.32 Å². The molecule has 0 fully saturated rings. The second-order valence-corrected chi connectivity index (χ2v) is 5.50. The van der Waals surface area contributed by atoms with Crippen LogP contribution >= 0.6 is 11.6 Å². The number of amides is 1. The molecule has 0 aliphatic carbocycles. The van der Waals surface area contributed by atoms with Crippen LogP contribution in [0.3, 0.4) is 0 Å². The quantitative estimate of drug-likeness (QED) is 0.491. The fraction of sp³-hybridized carbons (Fsp3) is 0.105. The largest absolute Gasteiger partial charge is 0.451 e. The maximum atomic E-state index is 11.9. The zero-order valence-corrected chi connectivity index (χ0v) is 14.0. The fourth-order valence-electron chi connectivity index (χ4n) is 1.92. The third-order valence-corrected chi connectivity index (χ3v) is 3.44. The molecule has 2 rings (SSSR count). The molecule has 126 valence electrons. The summed E-state index contributed by atoms with van der Waals surface area (Å²) in [6, 6.07) is 17.7. The topological polar surface area (TPSA) is 79.2 Å². The highest BCUT2D eigenvalue weighted by Crippen LogP contribution is 2.09. The molecule has 2 aromatic carbocycles. The molecule has 0 spiro atoms. The number of rotatable bonds is 6. The Bertz CT molecular complexity index is 809. The smallest absolute Gasteiger partial charge is 0.349 e. The van der Waals surface area contributed by atoms with E-state index in [4.69, 9.17) is 21.6 Å². The molecule has 5 nitrogen and oxygen atoms in total. The van der Waals surface area contributed by atoms with Crippen molar-refractivity contribution >= 4 is 29.6 Å². The molecule has 0 aromatic heterocycles. The SMILES string of the molecule is N#CC(=Cc1ccccc1)C(=O)OCC(=O)NCc1ccc(Cl)cc1. The summed E-state index contributed by atoms with van der Waals surface area (Å²) >= 11 is 5.78. The summed E-state index contributed by atoms with van der Waals surface area (Å²) in [7, 11) is 0. The van der Waals surface area contributed by atoms with Crippen molar-refractivity contribution in [2.24, 2.45) is 0 Å². The predicted octanol–water partition coefficient (Wildman–Crippen LogP) is 3.11. The molecule has 25 heavy (non-hydrogen) atoms. The third-order valence-electron chi connectivity index (χ3n) is 3.19. The molecule has 0 aliphatic rings. The molecule has 0 saturated carbocycles. The molecule has 0 radical (unpaired) electrons. The number of carbonyl (C=O) groups is 2. The first kappa shape index (κ1) is 18.2. The van der Waals surface area contributed by atoms with E-state index in [-0.39, 0.29) is 5.57 Å². The number of esters is 1. The number of nitrogens with one attached hydrogen (secondary N) is 1. The van der Waals surface area contributed by atoms with Gasteiger partial charge in [-0.25, -0.2) is 4.79 Å². The van der Waals surface area contributed by atoms with Gasteiger partial charge >= 0.3 is 5.97 Å². The van der Waals surface area contributed by atoms with Crippen LogP contribution in [0.4, 0.5) is 0 Å². The van der Waals surface area contributed by atoms with Crippen molar-refractivity contribution in [2.45, 2.75) is 6.54 Å². The van der Waals surface area contributed by atoms with Gasteiger partial charge in [0.1, 0.15) is 11.6 Å². The zero-order valence-electron chi connectivity index (χ0n) is 13.2. The maximum Gasteiger partial charge on any atom is 0.349 e. The van der Waals surface area contributed by atoms with E-state index in [0.29, 0.717) is 17.1 Å². The summed E-state index contributed by atoms with van der Waals surface area (Å²) in [6.45, 7) is -0.168. The predicted molar refractivity (Wildman–Crippen MR) is 94.3 cm³/mol. The van der Waals surface area contributed by atoms with Gasteiger partial charge in [0.15, 0.2) is 6.61 Å². The van der Waals surface area contributed by atoms with Crippen molar-refractivity contribution in [3.8, 4) is 6.07 Å². The van der Waals surface area contributed by atoms with E-state index in [1.165, 1.54) is 6.08 Å². The first-order valence-corrected chi connectivity index (χ1v) is 7.81. The molecular formula is C19H15ClN2O3. The Labute approximate surface area is 150 Å². The first-order chi connectivity index (χ1) is 12.1. The van der Waals surface area contributed by atoms with E-state index in [9.17, 15) is 9.59 Å². The van der Waals surface area contributed by atoms with Crippen molar-refractivity contribution in [3.05, 3.63) is 76.3 Å². The van der Waals surface area contributed by atoms with Crippen LogP contribution in [0.15, 0.2) is 60.2 Å². The van der Waals surface area contributed by atoms with E-state index in [0.717, 1.165) is 5.56 Å². The Morgan fingerprint density at radius 1 is 1.12 bits per heavy atom.